The lowest BCUT2D eigenvalue weighted by atomic mass is 10.1. The third-order valence-corrected chi connectivity index (χ3v) is 3.11. The van der Waals surface area contributed by atoms with Gasteiger partial charge >= 0.3 is 12.4 Å². The molecule has 0 heterocycles. The Morgan fingerprint density at radius 1 is 1.33 bits per heavy atom. The zero-order chi connectivity index (χ0) is 15.5. The van der Waals surface area contributed by atoms with E-state index in [1.54, 1.807) is 0 Å². The second-order valence-electron chi connectivity index (χ2n) is 4.59. The molecular formula is C15H22N2O4. The quantitative estimate of drug-likeness (QED) is 0.303. The molecule has 0 aliphatic carbocycles. The summed E-state index contributed by atoms with van der Waals surface area (Å²) in [5.41, 5.74) is 6.40. The fourth-order valence-corrected chi connectivity index (χ4v) is 2.04. The minimum Gasteiger partial charge on any atom is -0.468 e. The van der Waals surface area contributed by atoms with E-state index < -0.39 is 12.0 Å². The topological polar surface area (TPSA) is 81.9 Å². The maximum Gasteiger partial charge on any atom is 0.326 e. The highest BCUT2D eigenvalue weighted by Crippen LogP contribution is 2.15. The number of nitrogens with zero attached hydrogens (tertiary/aromatic N) is 1. The average molecular weight is 294 g/mol. The van der Waals surface area contributed by atoms with Gasteiger partial charge in [-0.1, -0.05) is 30.3 Å². The molecule has 0 fully saturated rings. The highest BCUT2D eigenvalue weighted by Gasteiger charge is 2.28. The molecule has 116 valence electrons. The van der Waals surface area contributed by atoms with E-state index >= 15 is 0 Å². The number of ether oxygens (including phenoxy) is 1. The highest BCUT2D eigenvalue weighted by molar-refractivity contribution is 5.75. The summed E-state index contributed by atoms with van der Waals surface area (Å²) in [4.78, 5) is 27.6. The maximum atomic E-state index is 11.9. The molecule has 0 radical (unpaired) electrons. The molecule has 0 bridgehead atoms. The van der Waals surface area contributed by atoms with E-state index in [1.165, 1.54) is 12.2 Å². The predicted octanol–water partition coefficient (Wildman–Crippen LogP) is 1.25. The van der Waals surface area contributed by atoms with Crippen LogP contribution in [0.25, 0.3) is 0 Å². The number of hydroxylamine groups is 2. The second-order valence-corrected chi connectivity index (χ2v) is 4.59. The van der Waals surface area contributed by atoms with Gasteiger partial charge in [0.1, 0.15) is 6.04 Å². The van der Waals surface area contributed by atoms with Crippen molar-refractivity contribution in [1.82, 2.24) is 5.06 Å². The normalized spacial score (nSPS) is 12.0. The van der Waals surface area contributed by atoms with Crippen LogP contribution in [0.4, 0.5) is 0 Å². The van der Waals surface area contributed by atoms with Crippen molar-refractivity contribution in [2.24, 2.45) is 5.73 Å². The first-order valence-corrected chi connectivity index (χ1v) is 6.91. The molecule has 2 N–H and O–H groups in total. The molecule has 1 atom stereocenters. The SMILES string of the molecule is COC(=O)[C@H](CCCCN)N(Cc1ccccc1)OC=O. The summed E-state index contributed by atoms with van der Waals surface area (Å²) in [5, 5.41) is 1.35. The third-order valence-electron chi connectivity index (χ3n) is 3.11. The first-order chi connectivity index (χ1) is 10.2. The van der Waals surface area contributed by atoms with Crippen molar-refractivity contribution in [3.05, 3.63) is 35.9 Å². The lowest BCUT2D eigenvalue weighted by Gasteiger charge is -2.26. The zero-order valence-electron chi connectivity index (χ0n) is 12.2. The Balaban J connectivity index is 2.79. The van der Waals surface area contributed by atoms with E-state index in [0.717, 1.165) is 18.4 Å². The van der Waals surface area contributed by atoms with E-state index in [0.29, 0.717) is 26.0 Å². The van der Waals surface area contributed by atoms with Gasteiger partial charge < -0.3 is 15.3 Å². The Morgan fingerprint density at radius 3 is 2.62 bits per heavy atom. The van der Waals surface area contributed by atoms with Gasteiger partial charge in [-0.2, -0.15) is 0 Å². The molecule has 0 saturated carbocycles. The molecule has 0 aliphatic rings. The van der Waals surface area contributed by atoms with Crippen molar-refractivity contribution in [3.63, 3.8) is 0 Å². The smallest absolute Gasteiger partial charge is 0.326 e. The van der Waals surface area contributed by atoms with Gasteiger partial charge in [0.2, 0.25) is 0 Å². The molecule has 0 unspecified atom stereocenters. The van der Waals surface area contributed by atoms with Crippen LogP contribution in [0.15, 0.2) is 30.3 Å². The van der Waals surface area contributed by atoms with Gasteiger partial charge in [0.25, 0.3) is 0 Å². The number of unbranched alkanes of at least 4 members (excludes halogenated alkanes) is 1. The third kappa shape index (κ3) is 5.93. The minimum absolute atomic E-state index is 0.321. The first kappa shape index (κ1) is 17.1. The Bertz CT molecular complexity index is 425. The average Bonchev–Trinajstić information content (AvgIpc) is 2.52. The lowest BCUT2D eigenvalue weighted by Crippen LogP contribution is -2.41. The van der Waals surface area contributed by atoms with E-state index in [1.807, 2.05) is 30.3 Å². The molecule has 6 nitrogen and oxygen atoms in total. The molecule has 1 aromatic carbocycles. The van der Waals surface area contributed by atoms with Gasteiger partial charge in [0.05, 0.1) is 13.7 Å². The fraction of sp³-hybridized carbons (Fsp3) is 0.467. The summed E-state index contributed by atoms with van der Waals surface area (Å²) in [5.74, 6) is -0.426. The highest BCUT2D eigenvalue weighted by atomic mass is 16.7. The van der Waals surface area contributed by atoms with E-state index in [4.69, 9.17) is 15.3 Å². The number of hydrogen-bond donors (Lipinski definition) is 1. The number of nitrogens with two attached hydrogens (primary N) is 1. The second kappa shape index (κ2) is 9.90. The van der Waals surface area contributed by atoms with Crippen LogP contribution in [0.5, 0.6) is 0 Å². The van der Waals surface area contributed by atoms with Crippen molar-refractivity contribution >= 4 is 12.4 Å². The molecule has 0 spiro atoms. The van der Waals surface area contributed by atoms with Crippen molar-refractivity contribution in [2.45, 2.75) is 31.8 Å². The van der Waals surface area contributed by atoms with E-state index in [-0.39, 0.29) is 0 Å². The maximum absolute atomic E-state index is 11.9. The Morgan fingerprint density at radius 2 is 2.05 bits per heavy atom. The summed E-state index contributed by atoms with van der Waals surface area (Å²) < 4.78 is 4.80. The minimum atomic E-state index is -0.632. The first-order valence-electron chi connectivity index (χ1n) is 6.91. The summed E-state index contributed by atoms with van der Waals surface area (Å²) in [6.45, 7) is 1.20. The summed E-state index contributed by atoms with van der Waals surface area (Å²) in [6.07, 6.45) is 2.07. The van der Waals surface area contributed by atoms with Crippen LogP contribution in [0.1, 0.15) is 24.8 Å². The molecular weight excluding hydrogens is 272 g/mol. The van der Waals surface area contributed by atoms with Crippen molar-refractivity contribution in [3.8, 4) is 0 Å². The summed E-state index contributed by atoms with van der Waals surface area (Å²) in [6, 6.07) is 8.83. The van der Waals surface area contributed by atoms with Crippen molar-refractivity contribution in [2.75, 3.05) is 13.7 Å². The monoisotopic (exact) mass is 294 g/mol. The van der Waals surface area contributed by atoms with Crippen LogP contribution < -0.4 is 5.73 Å². The van der Waals surface area contributed by atoms with Crippen LogP contribution in [0, 0.1) is 0 Å². The summed E-state index contributed by atoms with van der Waals surface area (Å²) >= 11 is 0. The molecule has 1 rings (SSSR count). The Kier molecular flexibility index (Phi) is 8.08. The van der Waals surface area contributed by atoms with Crippen LogP contribution in [-0.2, 0) is 25.7 Å². The van der Waals surface area contributed by atoms with Crippen LogP contribution in [-0.4, -0.2) is 37.2 Å². The Labute approximate surface area is 124 Å². The zero-order valence-corrected chi connectivity index (χ0v) is 12.2. The van der Waals surface area contributed by atoms with Gasteiger partial charge in [-0.3, -0.25) is 9.59 Å². The van der Waals surface area contributed by atoms with E-state index in [9.17, 15) is 9.59 Å². The van der Waals surface area contributed by atoms with Gasteiger partial charge in [-0.15, -0.1) is 5.06 Å². The molecule has 0 amide bonds. The van der Waals surface area contributed by atoms with Crippen LogP contribution in [0.3, 0.4) is 0 Å². The van der Waals surface area contributed by atoms with E-state index in [2.05, 4.69) is 0 Å². The van der Waals surface area contributed by atoms with Gasteiger partial charge in [-0.05, 0) is 31.4 Å². The number of hydrogen-bond acceptors (Lipinski definition) is 6. The van der Waals surface area contributed by atoms with Crippen LogP contribution in [0.2, 0.25) is 0 Å². The van der Waals surface area contributed by atoms with Gasteiger partial charge in [0, 0.05) is 0 Å². The van der Waals surface area contributed by atoms with Crippen LogP contribution >= 0.6 is 0 Å². The number of esters is 1. The largest absolute Gasteiger partial charge is 0.468 e. The lowest BCUT2D eigenvalue weighted by molar-refractivity contribution is -0.199. The van der Waals surface area contributed by atoms with Crippen molar-refractivity contribution in [1.29, 1.82) is 0 Å². The van der Waals surface area contributed by atoms with Gasteiger partial charge in [-0.25, -0.2) is 0 Å². The van der Waals surface area contributed by atoms with Gasteiger partial charge in [0.15, 0.2) is 0 Å². The fourth-order valence-electron chi connectivity index (χ4n) is 2.04. The number of carbonyl (C=O) groups is 2. The molecule has 6 heteroatoms. The molecule has 1 aromatic rings. The number of benzene rings is 1. The Hall–Kier alpha value is -1.92. The molecule has 21 heavy (non-hydrogen) atoms. The number of rotatable bonds is 10. The predicted molar refractivity (Wildman–Crippen MR) is 77.8 cm³/mol. The van der Waals surface area contributed by atoms with Crippen molar-refractivity contribution < 1.29 is 19.2 Å². The number of carbonyl (C=O) groups excluding carboxylic acids is 2. The summed E-state index contributed by atoms with van der Waals surface area (Å²) in [7, 11) is 1.32. The molecule has 0 saturated heterocycles. The number of methoxy groups -OCH3 is 1. The molecule has 0 aliphatic heterocycles. The molecule has 0 aromatic heterocycles. The standard InChI is InChI=1S/C15H22N2O4/c1-20-15(19)14(9-5-6-10-16)17(21-12-18)11-13-7-3-2-4-8-13/h2-4,7-8,12,14H,5-6,9-11,16H2,1H3/t14-/m0/s1.